The van der Waals surface area contributed by atoms with Gasteiger partial charge in [0.1, 0.15) is 12.4 Å². The summed E-state index contributed by atoms with van der Waals surface area (Å²) in [4.78, 5) is 14.5. The zero-order valence-corrected chi connectivity index (χ0v) is 17.8. The van der Waals surface area contributed by atoms with Crippen LogP contribution < -0.4 is 14.2 Å². The number of hydrogen-bond donors (Lipinski definition) is 0. The maximum Gasteiger partial charge on any atom is 0.253 e. The third-order valence-corrected chi connectivity index (χ3v) is 4.95. The van der Waals surface area contributed by atoms with Crippen molar-refractivity contribution in [2.24, 2.45) is 0 Å². The van der Waals surface area contributed by atoms with Crippen molar-refractivity contribution in [3.63, 3.8) is 0 Å². The Hall–Kier alpha value is -3.47. The van der Waals surface area contributed by atoms with E-state index < -0.39 is 0 Å². The molecular weight excluding hydrogens is 378 g/mol. The maximum atomic E-state index is 12.9. The molecule has 3 aromatic carbocycles. The van der Waals surface area contributed by atoms with E-state index in [2.05, 4.69) is 0 Å². The second-order valence-electron chi connectivity index (χ2n) is 7.09. The summed E-state index contributed by atoms with van der Waals surface area (Å²) in [6, 6.07) is 21.0. The zero-order chi connectivity index (χ0) is 21.5. The van der Waals surface area contributed by atoms with E-state index in [-0.39, 0.29) is 5.91 Å². The quantitative estimate of drug-likeness (QED) is 0.537. The Labute approximate surface area is 177 Å². The van der Waals surface area contributed by atoms with Crippen LogP contribution in [0.1, 0.15) is 27.0 Å². The van der Waals surface area contributed by atoms with Crippen LogP contribution in [0.3, 0.4) is 0 Å². The van der Waals surface area contributed by atoms with E-state index >= 15 is 0 Å². The highest BCUT2D eigenvalue weighted by atomic mass is 16.5. The largest absolute Gasteiger partial charge is 0.493 e. The fraction of sp³-hybridized carbons (Fsp3) is 0.240. The zero-order valence-electron chi connectivity index (χ0n) is 17.8. The predicted octanol–water partition coefficient (Wildman–Crippen LogP) is 4.86. The van der Waals surface area contributed by atoms with Crippen LogP contribution in [-0.4, -0.2) is 32.1 Å². The Morgan fingerprint density at radius 1 is 0.900 bits per heavy atom. The molecule has 3 aromatic rings. The van der Waals surface area contributed by atoms with Crippen LogP contribution in [0.15, 0.2) is 66.7 Å². The molecule has 0 N–H and O–H groups in total. The van der Waals surface area contributed by atoms with Gasteiger partial charge in [0.2, 0.25) is 0 Å². The van der Waals surface area contributed by atoms with Gasteiger partial charge in [-0.2, -0.15) is 0 Å². The first kappa shape index (κ1) is 21.2. The molecule has 0 aliphatic rings. The Balaban J connectivity index is 1.64. The number of nitrogens with zero attached hydrogens (tertiary/aromatic N) is 1. The minimum absolute atomic E-state index is 0.0567. The van der Waals surface area contributed by atoms with E-state index in [0.717, 1.165) is 22.4 Å². The van der Waals surface area contributed by atoms with Gasteiger partial charge in [0.05, 0.1) is 14.2 Å². The molecule has 0 fully saturated rings. The van der Waals surface area contributed by atoms with Crippen molar-refractivity contribution in [1.29, 1.82) is 0 Å². The second kappa shape index (κ2) is 9.83. The lowest BCUT2D eigenvalue weighted by Crippen LogP contribution is -2.26. The number of carbonyl (C=O) groups is 1. The van der Waals surface area contributed by atoms with E-state index in [4.69, 9.17) is 14.2 Å². The average molecular weight is 405 g/mol. The predicted molar refractivity (Wildman–Crippen MR) is 117 cm³/mol. The fourth-order valence-corrected chi connectivity index (χ4v) is 3.18. The van der Waals surface area contributed by atoms with Crippen molar-refractivity contribution in [3.05, 3.63) is 89.0 Å². The molecule has 0 saturated heterocycles. The number of benzene rings is 3. The van der Waals surface area contributed by atoms with E-state index in [1.54, 1.807) is 38.3 Å². The van der Waals surface area contributed by atoms with Crippen molar-refractivity contribution in [1.82, 2.24) is 4.90 Å². The van der Waals surface area contributed by atoms with Gasteiger partial charge in [0.15, 0.2) is 11.5 Å². The number of amides is 1. The smallest absolute Gasteiger partial charge is 0.253 e. The standard InChI is InChI=1S/C25H27NO4/c1-18-14-23(28-3)24(29-4)15-21(18)16-26(2)25(27)20-10-12-22(13-11-20)30-17-19-8-6-5-7-9-19/h5-15H,16-17H2,1-4H3. The lowest BCUT2D eigenvalue weighted by Gasteiger charge is -2.20. The van der Waals surface area contributed by atoms with Crippen molar-refractivity contribution in [3.8, 4) is 17.2 Å². The molecule has 3 rings (SSSR count). The second-order valence-corrected chi connectivity index (χ2v) is 7.09. The molecule has 0 unspecified atom stereocenters. The SMILES string of the molecule is COc1cc(C)c(CN(C)C(=O)c2ccc(OCc3ccccc3)cc2)cc1OC. The van der Waals surface area contributed by atoms with Gasteiger partial charge in [-0.15, -0.1) is 0 Å². The van der Waals surface area contributed by atoms with Crippen LogP contribution in [0.4, 0.5) is 0 Å². The molecule has 0 atom stereocenters. The molecule has 156 valence electrons. The number of aryl methyl sites for hydroxylation is 1. The summed E-state index contributed by atoms with van der Waals surface area (Å²) < 4.78 is 16.5. The highest BCUT2D eigenvalue weighted by molar-refractivity contribution is 5.94. The van der Waals surface area contributed by atoms with Crippen LogP contribution in [0.25, 0.3) is 0 Å². The van der Waals surface area contributed by atoms with Gasteiger partial charge in [-0.25, -0.2) is 0 Å². The molecule has 0 aliphatic heterocycles. The van der Waals surface area contributed by atoms with Gasteiger partial charge in [-0.1, -0.05) is 30.3 Å². The average Bonchev–Trinajstić information content (AvgIpc) is 2.79. The molecule has 0 saturated carbocycles. The highest BCUT2D eigenvalue weighted by Crippen LogP contribution is 2.31. The summed E-state index contributed by atoms with van der Waals surface area (Å²) in [5.74, 6) is 2.00. The summed E-state index contributed by atoms with van der Waals surface area (Å²) in [6.07, 6.45) is 0. The van der Waals surface area contributed by atoms with Crippen LogP contribution in [0.5, 0.6) is 17.2 Å². The Kier molecular flexibility index (Phi) is 6.96. The topological polar surface area (TPSA) is 48.0 Å². The number of carbonyl (C=O) groups excluding carboxylic acids is 1. The third kappa shape index (κ3) is 5.11. The normalized spacial score (nSPS) is 10.4. The summed E-state index contributed by atoms with van der Waals surface area (Å²) in [6.45, 7) is 2.96. The summed E-state index contributed by atoms with van der Waals surface area (Å²) >= 11 is 0. The summed E-state index contributed by atoms with van der Waals surface area (Å²) in [5, 5.41) is 0. The molecule has 5 heteroatoms. The van der Waals surface area contributed by atoms with Crippen LogP contribution >= 0.6 is 0 Å². The van der Waals surface area contributed by atoms with Gasteiger partial charge in [0, 0.05) is 19.2 Å². The van der Waals surface area contributed by atoms with Gasteiger partial charge < -0.3 is 19.1 Å². The van der Waals surface area contributed by atoms with Crippen LogP contribution in [-0.2, 0) is 13.2 Å². The number of ether oxygens (including phenoxy) is 3. The molecule has 0 spiro atoms. The van der Waals surface area contributed by atoms with Crippen molar-refractivity contribution >= 4 is 5.91 Å². The molecule has 0 heterocycles. The molecule has 0 aromatic heterocycles. The lowest BCUT2D eigenvalue weighted by atomic mass is 10.1. The molecule has 0 bridgehead atoms. The lowest BCUT2D eigenvalue weighted by molar-refractivity contribution is 0.0784. The van der Waals surface area contributed by atoms with Gasteiger partial charge >= 0.3 is 0 Å². The fourth-order valence-electron chi connectivity index (χ4n) is 3.18. The monoisotopic (exact) mass is 405 g/mol. The minimum Gasteiger partial charge on any atom is -0.493 e. The molecule has 5 nitrogen and oxygen atoms in total. The highest BCUT2D eigenvalue weighted by Gasteiger charge is 2.15. The Morgan fingerprint density at radius 3 is 2.17 bits per heavy atom. The minimum atomic E-state index is -0.0567. The first-order chi connectivity index (χ1) is 14.5. The number of hydrogen-bond acceptors (Lipinski definition) is 4. The first-order valence-electron chi connectivity index (χ1n) is 9.75. The molecule has 0 aliphatic carbocycles. The Morgan fingerprint density at radius 2 is 1.53 bits per heavy atom. The molecular formula is C25H27NO4. The molecule has 1 amide bonds. The number of methoxy groups -OCH3 is 2. The number of rotatable bonds is 8. The van der Waals surface area contributed by atoms with E-state index in [0.29, 0.717) is 30.2 Å². The maximum absolute atomic E-state index is 12.9. The summed E-state index contributed by atoms with van der Waals surface area (Å²) in [5.41, 5.74) is 3.76. The van der Waals surface area contributed by atoms with Crippen molar-refractivity contribution in [2.45, 2.75) is 20.1 Å². The third-order valence-electron chi connectivity index (χ3n) is 4.95. The van der Waals surface area contributed by atoms with Crippen molar-refractivity contribution < 1.29 is 19.0 Å². The van der Waals surface area contributed by atoms with Gasteiger partial charge in [-0.05, 0) is 60.0 Å². The van der Waals surface area contributed by atoms with E-state index in [1.165, 1.54) is 0 Å². The Bertz CT molecular complexity index is 984. The van der Waals surface area contributed by atoms with E-state index in [9.17, 15) is 4.79 Å². The molecule has 30 heavy (non-hydrogen) atoms. The van der Waals surface area contributed by atoms with E-state index in [1.807, 2.05) is 61.5 Å². The molecule has 0 radical (unpaired) electrons. The first-order valence-corrected chi connectivity index (χ1v) is 9.75. The van der Waals surface area contributed by atoms with Crippen LogP contribution in [0, 0.1) is 6.92 Å². The van der Waals surface area contributed by atoms with Gasteiger partial charge in [0.25, 0.3) is 5.91 Å². The van der Waals surface area contributed by atoms with Gasteiger partial charge in [-0.3, -0.25) is 4.79 Å². The van der Waals surface area contributed by atoms with Crippen LogP contribution in [0.2, 0.25) is 0 Å². The summed E-state index contributed by atoms with van der Waals surface area (Å²) in [7, 11) is 5.01. The van der Waals surface area contributed by atoms with Crippen molar-refractivity contribution in [2.75, 3.05) is 21.3 Å².